The Bertz CT molecular complexity index is 260. The van der Waals surface area contributed by atoms with Crippen LogP contribution in [0, 0.1) is 0 Å². The molecule has 1 aliphatic carbocycles. The molecule has 0 aromatic rings. The molecular weight excluding hydrogens is 210 g/mol. The second-order valence-corrected chi connectivity index (χ2v) is 6.49. The second-order valence-electron chi connectivity index (χ2n) is 6.49. The molecule has 1 atom stereocenters. The summed E-state index contributed by atoms with van der Waals surface area (Å²) in [4.78, 5) is 5.33. The van der Waals surface area contributed by atoms with Gasteiger partial charge in [-0.05, 0) is 32.2 Å². The lowest BCUT2D eigenvalue weighted by Crippen LogP contribution is -2.57. The Morgan fingerprint density at radius 2 is 1.82 bits per heavy atom. The molecule has 0 amide bonds. The normalized spacial score (nSPS) is 34.8. The lowest BCUT2D eigenvalue weighted by atomic mass is 9.82. The molecule has 17 heavy (non-hydrogen) atoms. The van der Waals surface area contributed by atoms with E-state index < -0.39 is 0 Å². The molecule has 1 saturated carbocycles. The van der Waals surface area contributed by atoms with Crippen LogP contribution in [0.15, 0.2) is 0 Å². The fraction of sp³-hybridized carbons (Fsp3) is 1.00. The third kappa shape index (κ3) is 2.67. The van der Waals surface area contributed by atoms with E-state index in [9.17, 15) is 0 Å². The van der Waals surface area contributed by atoms with E-state index in [1.54, 1.807) is 0 Å². The lowest BCUT2D eigenvalue weighted by Gasteiger charge is -2.43. The van der Waals surface area contributed by atoms with Gasteiger partial charge in [-0.1, -0.05) is 19.3 Å². The molecule has 0 aromatic heterocycles. The van der Waals surface area contributed by atoms with Gasteiger partial charge in [0.05, 0.1) is 0 Å². The molecule has 0 spiro atoms. The first-order valence-electron chi connectivity index (χ1n) is 7.51. The van der Waals surface area contributed by atoms with E-state index >= 15 is 0 Å². The van der Waals surface area contributed by atoms with Crippen LogP contribution in [0.25, 0.3) is 0 Å². The molecule has 2 saturated heterocycles. The van der Waals surface area contributed by atoms with Gasteiger partial charge in [-0.3, -0.25) is 9.80 Å². The van der Waals surface area contributed by atoms with E-state index in [1.807, 2.05) is 0 Å². The first-order chi connectivity index (χ1) is 8.25. The minimum absolute atomic E-state index is 0.138. The number of piperazine rings is 1. The lowest BCUT2D eigenvalue weighted by molar-refractivity contribution is 0.0770. The molecule has 2 N–H and O–H groups in total. The Kier molecular flexibility index (Phi) is 3.42. The number of nitrogens with two attached hydrogens (primary N) is 1. The van der Waals surface area contributed by atoms with E-state index in [4.69, 9.17) is 5.73 Å². The van der Waals surface area contributed by atoms with Gasteiger partial charge in [0.1, 0.15) is 0 Å². The smallest absolute Gasteiger partial charge is 0.0283 e. The van der Waals surface area contributed by atoms with Crippen LogP contribution in [0.4, 0.5) is 0 Å². The van der Waals surface area contributed by atoms with Gasteiger partial charge in [-0.15, -0.1) is 0 Å². The van der Waals surface area contributed by atoms with Crippen molar-refractivity contribution in [3.63, 3.8) is 0 Å². The number of fused-ring (bicyclic) bond motifs is 1. The largest absolute Gasteiger partial charge is 0.324 e. The van der Waals surface area contributed by atoms with Crippen molar-refractivity contribution in [2.24, 2.45) is 5.73 Å². The van der Waals surface area contributed by atoms with E-state index in [2.05, 4.69) is 9.80 Å². The van der Waals surface area contributed by atoms with Crippen LogP contribution in [-0.4, -0.2) is 54.1 Å². The zero-order valence-electron chi connectivity index (χ0n) is 11.0. The number of nitrogens with zero attached hydrogens (tertiary/aromatic N) is 2. The third-order valence-corrected chi connectivity index (χ3v) is 5.06. The molecule has 0 radical (unpaired) electrons. The zero-order valence-corrected chi connectivity index (χ0v) is 11.0. The molecule has 98 valence electrons. The van der Waals surface area contributed by atoms with Crippen LogP contribution >= 0.6 is 0 Å². The summed E-state index contributed by atoms with van der Waals surface area (Å²) in [5, 5.41) is 0. The summed E-state index contributed by atoms with van der Waals surface area (Å²) < 4.78 is 0. The van der Waals surface area contributed by atoms with Crippen LogP contribution in [0.3, 0.4) is 0 Å². The van der Waals surface area contributed by atoms with E-state index in [-0.39, 0.29) is 5.54 Å². The third-order valence-electron chi connectivity index (χ3n) is 5.06. The van der Waals surface area contributed by atoms with E-state index in [0.29, 0.717) is 0 Å². The van der Waals surface area contributed by atoms with Gasteiger partial charge in [-0.25, -0.2) is 0 Å². The maximum absolute atomic E-state index is 6.57. The fourth-order valence-electron chi connectivity index (χ4n) is 4.06. The van der Waals surface area contributed by atoms with Crippen molar-refractivity contribution >= 4 is 0 Å². The highest BCUT2D eigenvalue weighted by atomic mass is 15.3. The van der Waals surface area contributed by atoms with Crippen LogP contribution in [0.1, 0.15) is 44.9 Å². The molecule has 3 nitrogen and oxygen atoms in total. The number of hydrogen-bond donors (Lipinski definition) is 1. The van der Waals surface area contributed by atoms with Crippen molar-refractivity contribution in [2.45, 2.75) is 56.5 Å². The highest BCUT2D eigenvalue weighted by Crippen LogP contribution is 2.28. The summed E-state index contributed by atoms with van der Waals surface area (Å²) in [6.07, 6.45) is 9.41. The monoisotopic (exact) mass is 237 g/mol. The van der Waals surface area contributed by atoms with Gasteiger partial charge in [0, 0.05) is 37.8 Å². The van der Waals surface area contributed by atoms with Crippen LogP contribution in [-0.2, 0) is 0 Å². The summed E-state index contributed by atoms with van der Waals surface area (Å²) in [5.74, 6) is 0. The molecule has 0 aromatic carbocycles. The Labute approximate surface area is 105 Å². The molecule has 3 fully saturated rings. The maximum atomic E-state index is 6.57. The topological polar surface area (TPSA) is 32.5 Å². The first kappa shape index (κ1) is 11.9. The molecular formula is C14H27N3. The van der Waals surface area contributed by atoms with Crippen molar-refractivity contribution in [1.29, 1.82) is 0 Å². The van der Waals surface area contributed by atoms with Crippen LogP contribution in [0.5, 0.6) is 0 Å². The Morgan fingerprint density at radius 1 is 1.00 bits per heavy atom. The SMILES string of the molecule is NC1(CN2CCN3CCCC3C2)CCCCC1. The van der Waals surface area contributed by atoms with Gasteiger partial charge < -0.3 is 5.73 Å². The van der Waals surface area contributed by atoms with E-state index in [1.165, 1.54) is 71.1 Å². The summed E-state index contributed by atoms with van der Waals surface area (Å²) >= 11 is 0. The summed E-state index contributed by atoms with van der Waals surface area (Å²) in [6.45, 7) is 6.29. The van der Waals surface area contributed by atoms with Crippen molar-refractivity contribution in [3.05, 3.63) is 0 Å². The standard InChI is InChI=1S/C14H27N3/c15-14(6-2-1-3-7-14)12-16-9-10-17-8-4-5-13(17)11-16/h13H,1-12,15H2. The zero-order chi connectivity index (χ0) is 11.7. The van der Waals surface area contributed by atoms with Crippen LogP contribution in [0.2, 0.25) is 0 Å². The molecule has 3 rings (SSSR count). The van der Waals surface area contributed by atoms with E-state index in [0.717, 1.165) is 12.6 Å². The minimum Gasteiger partial charge on any atom is -0.324 e. The molecule has 3 heteroatoms. The Hall–Kier alpha value is -0.120. The second kappa shape index (κ2) is 4.87. The summed E-state index contributed by atoms with van der Waals surface area (Å²) in [7, 11) is 0. The molecule has 1 unspecified atom stereocenters. The Balaban J connectivity index is 1.54. The maximum Gasteiger partial charge on any atom is 0.0283 e. The quantitative estimate of drug-likeness (QED) is 0.788. The highest BCUT2D eigenvalue weighted by molar-refractivity contribution is 4.94. The average Bonchev–Trinajstić information content (AvgIpc) is 2.76. The van der Waals surface area contributed by atoms with Crippen LogP contribution < -0.4 is 5.73 Å². The van der Waals surface area contributed by atoms with Crippen molar-refractivity contribution in [1.82, 2.24) is 9.80 Å². The predicted octanol–water partition coefficient (Wildman–Crippen LogP) is 1.43. The van der Waals surface area contributed by atoms with Gasteiger partial charge in [0.15, 0.2) is 0 Å². The Morgan fingerprint density at radius 3 is 2.65 bits per heavy atom. The molecule has 2 aliphatic heterocycles. The van der Waals surface area contributed by atoms with Crippen molar-refractivity contribution in [2.75, 3.05) is 32.7 Å². The molecule has 2 heterocycles. The summed E-state index contributed by atoms with van der Waals surface area (Å²) in [5.41, 5.74) is 6.71. The van der Waals surface area contributed by atoms with Crippen molar-refractivity contribution < 1.29 is 0 Å². The van der Waals surface area contributed by atoms with Gasteiger partial charge >= 0.3 is 0 Å². The molecule has 0 bridgehead atoms. The fourth-order valence-corrected chi connectivity index (χ4v) is 4.06. The molecule has 3 aliphatic rings. The van der Waals surface area contributed by atoms with Gasteiger partial charge in [0.2, 0.25) is 0 Å². The van der Waals surface area contributed by atoms with Crippen molar-refractivity contribution in [3.8, 4) is 0 Å². The minimum atomic E-state index is 0.138. The first-order valence-corrected chi connectivity index (χ1v) is 7.51. The predicted molar refractivity (Wildman–Crippen MR) is 71.0 cm³/mol. The van der Waals surface area contributed by atoms with Gasteiger partial charge in [0.25, 0.3) is 0 Å². The highest BCUT2D eigenvalue weighted by Gasteiger charge is 2.35. The number of hydrogen-bond acceptors (Lipinski definition) is 3. The average molecular weight is 237 g/mol. The number of rotatable bonds is 2. The summed E-state index contributed by atoms with van der Waals surface area (Å²) in [6, 6.07) is 0.843. The van der Waals surface area contributed by atoms with Gasteiger partial charge in [-0.2, -0.15) is 0 Å².